The van der Waals surface area contributed by atoms with E-state index in [9.17, 15) is 0 Å². The van der Waals surface area contributed by atoms with E-state index in [1.54, 1.807) is 0 Å². The molecule has 0 N–H and O–H groups in total. The second kappa shape index (κ2) is 5.98. The van der Waals surface area contributed by atoms with Crippen LogP contribution in [0, 0.1) is 12.8 Å². The van der Waals surface area contributed by atoms with Gasteiger partial charge in [-0.3, -0.25) is 0 Å². The molecule has 4 heteroatoms. The quantitative estimate of drug-likeness (QED) is 0.769. The maximum atomic E-state index is 6.03. The molecule has 1 unspecified atom stereocenters. The highest BCUT2D eigenvalue weighted by atomic mass is 35.5. The Morgan fingerprint density at radius 1 is 1.44 bits per heavy atom. The van der Waals surface area contributed by atoms with E-state index in [2.05, 4.69) is 47.9 Å². The minimum Gasteiger partial charge on any atom is -0.326 e. The Hall–Kier alpha value is -0.670. The zero-order valence-corrected chi connectivity index (χ0v) is 12.7. The fraction of sp³-hybridized carbons (Fsp3) is 0.500. The summed E-state index contributed by atoms with van der Waals surface area (Å²) in [6, 6.07) is 6.25. The van der Waals surface area contributed by atoms with Crippen LogP contribution in [0.3, 0.4) is 0 Å². The van der Waals surface area contributed by atoms with Gasteiger partial charge in [-0.25, -0.2) is 4.98 Å². The molecule has 0 saturated heterocycles. The summed E-state index contributed by atoms with van der Waals surface area (Å²) in [4.78, 5) is 4.63. The van der Waals surface area contributed by atoms with Crippen molar-refractivity contribution in [1.29, 1.82) is 0 Å². The second-order valence-electron chi connectivity index (χ2n) is 4.78. The molecule has 1 aromatic heterocycles. The van der Waals surface area contributed by atoms with E-state index >= 15 is 0 Å². The van der Waals surface area contributed by atoms with E-state index in [0.29, 0.717) is 11.8 Å². The molecule has 1 heterocycles. The fourth-order valence-electron chi connectivity index (χ4n) is 2.36. The van der Waals surface area contributed by atoms with Crippen molar-refractivity contribution in [2.24, 2.45) is 5.92 Å². The number of alkyl halides is 1. The van der Waals surface area contributed by atoms with Crippen LogP contribution in [0.25, 0.3) is 11.0 Å². The molecule has 0 aliphatic carbocycles. The number of para-hydroxylation sites is 1. The van der Waals surface area contributed by atoms with E-state index in [4.69, 9.17) is 11.6 Å². The molecule has 0 amide bonds. The number of halogens is 1. The lowest BCUT2D eigenvalue weighted by Gasteiger charge is -2.14. The molecule has 1 atom stereocenters. The molecule has 0 spiro atoms. The molecule has 0 fully saturated rings. The van der Waals surface area contributed by atoms with Crippen molar-refractivity contribution < 1.29 is 0 Å². The van der Waals surface area contributed by atoms with E-state index in [-0.39, 0.29) is 0 Å². The summed E-state index contributed by atoms with van der Waals surface area (Å²) in [6.45, 7) is 5.40. The van der Waals surface area contributed by atoms with Crippen LogP contribution in [0.1, 0.15) is 18.3 Å². The Bertz CT molecular complexity index is 536. The highest BCUT2D eigenvalue weighted by molar-refractivity contribution is 7.98. The smallest absolute Gasteiger partial charge is 0.124 e. The summed E-state index contributed by atoms with van der Waals surface area (Å²) in [5.41, 5.74) is 3.57. The van der Waals surface area contributed by atoms with E-state index in [0.717, 1.165) is 23.6 Å². The number of fused-ring (bicyclic) bond motifs is 1. The number of aryl methyl sites for hydroxylation is 1. The van der Waals surface area contributed by atoms with Gasteiger partial charge in [-0.1, -0.05) is 19.1 Å². The van der Waals surface area contributed by atoms with Crippen molar-refractivity contribution in [2.45, 2.75) is 26.3 Å². The fourth-order valence-corrected chi connectivity index (χ4v) is 3.24. The van der Waals surface area contributed by atoms with Gasteiger partial charge in [0.2, 0.25) is 0 Å². The molecular weight excluding hydrogens is 264 g/mol. The SMILES string of the molecule is CSCC(C)Cn1c(CCl)nc2cccc(C)c21. The first-order valence-electron chi connectivity index (χ1n) is 6.17. The highest BCUT2D eigenvalue weighted by Gasteiger charge is 2.13. The van der Waals surface area contributed by atoms with Gasteiger partial charge in [0.15, 0.2) is 0 Å². The molecular formula is C14H19ClN2S. The number of nitrogens with zero attached hydrogens (tertiary/aromatic N) is 2. The van der Waals surface area contributed by atoms with Crippen LogP contribution in [-0.2, 0) is 12.4 Å². The van der Waals surface area contributed by atoms with Gasteiger partial charge in [-0.05, 0) is 36.5 Å². The lowest BCUT2D eigenvalue weighted by atomic mass is 10.2. The van der Waals surface area contributed by atoms with Gasteiger partial charge in [-0.15, -0.1) is 11.6 Å². The minimum atomic E-state index is 0.472. The van der Waals surface area contributed by atoms with Crippen molar-refractivity contribution in [1.82, 2.24) is 9.55 Å². The molecule has 0 bridgehead atoms. The first-order valence-corrected chi connectivity index (χ1v) is 8.09. The van der Waals surface area contributed by atoms with E-state index in [1.165, 1.54) is 11.1 Å². The van der Waals surface area contributed by atoms with Crippen molar-refractivity contribution in [3.63, 3.8) is 0 Å². The molecule has 2 nitrogen and oxygen atoms in total. The summed E-state index contributed by atoms with van der Waals surface area (Å²) < 4.78 is 2.29. The van der Waals surface area contributed by atoms with Gasteiger partial charge in [0.05, 0.1) is 16.9 Å². The third-order valence-electron chi connectivity index (χ3n) is 3.11. The first kappa shape index (κ1) is 13.8. The molecule has 2 aromatic rings. The summed E-state index contributed by atoms with van der Waals surface area (Å²) in [5, 5.41) is 0. The van der Waals surface area contributed by atoms with Crippen LogP contribution >= 0.6 is 23.4 Å². The number of imidazole rings is 1. The van der Waals surface area contributed by atoms with Crippen LogP contribution in [0.2, 0.25) is 0 Å². The number of rotatable bonds is 5. The molecule has 0 aliphatic heterocycles. The molecule has 0 aliphatic rings. The van der Waals surface area contributed by atoms with Crippen LogP contribution in [0.4, 0.5) is 0 Å². The number of thioether (sulfide) groups is 1. The van der Waals surface area contributed by atoms with Crippen LogP contribution in [0.15, 0.2) is 18.2 Å². The van der Waals surface area contributed by atoms with Crippen molar-refractivity contribution >= 4 is 34.4 Å². The number of aromatic nitrogens is 2. The zero-order valence-electron chi connectivity index (χ0n) is 11.1. The lowest BCUT2D eigenvalue weighted by Crippen LogP contribution is -2.12. The average Bonchev–Trinajstić information content (AvgIpc) is 2.69. The van der Waals surface area contributed by atoms with Gasteiger partial charge >= 0.3 is 0 Å². The van der Waals surface area contributed by atoms with Crippen LogP contribution in [-0.4, -0.2) is 21.6 Å². The van der Waals surface area contributed by atoms with Crippen molar-refractivity contribution in [3.8, 4) is 0 Å². The predicted octanol–water partition coefficient (Wildman–Crippen LogP) is 4.08. The second-order valence-corrected chi connectivity index (χ2v) is 5.95. The summed E-state index contributed by atoms with van der Waals surface area (Å²) >= 11 is 7.92. The largest absolute Gasteiger partial charge is 0.326 e. The number of hydrogen-bond donors (Lipinski definition) is 0. The Balaban J connectivity index is 2.46. The molecule has 18 heavy (non-hydrogen) atoms. The third-order valence-corrected chi connectivity index (χ3v) is 4.25. The van der Waals surface area contributed by atoms with Crippen molar-refractivity contribution in [2.75, 3.05) is 12.0 Å². The third kappa shape index (κ3) is 2.67. The maximum absolute atomic E-state index is 6.03. The number of hydrogen-bond acceptors (Lipinski definition) is 2. The normalized spacial score (nSPS) is 13.1. The van der Waals surface area contributed by atoms with Gasteiger partial charge in [0.25, 0.3) is 0 Å². The average molecular weight is 283 g/mol. The van der Waals surface area contributed by atoms with Crippen molar-refractivity contribution in [3.05, 3.63) is 29.6 Å². The standard InChI is InChI=1S/C14H19ClN2S/c1-10(9-18-3)8-17-13(7-15)16-12-6-4-5-11(2)14(12)17/h4-6,10H,7-9H2,1-3H3. The van der Waals surface area contributed by atoms with Crippen LogP contribution < -0.4 is 0 Å². The molecule has 0 saturated carbocycles. The topological polar surface area (TPSA) is 17.8 Å². The minimum absolute atomic E-state index is 0.472. The number of benzene rings is 1. The Labute approximate surface area is 118 Å². The van der Waals surface area contributed by atoms with Gasteiger partial charge in [0, 0.05) is 6.54 Å². The Kier molecular flexibility index (Phi) is 4.57. The molecule has 0 radical (unpaired) electrons. The lowest BCUT2D eigenvalue weighted by molar-refractivity contribution is 0.530. The van der Waals surface area contributed by atoms with Gasteiger partial charge in [0.1, 0.15) is 5.82 Å². The Morgan fingerprint density at radius 2 is 2.22 bits per heavy atom. The summed E-state index contributed by atoms with van der Waals surface area (Å²) in [5.74, 6) is 3.24. The predicted molar refractivity (Wildman–Crippen MR) is 81.6 cm³/mol. The van der Waals surface area contributed by atoms with Crippen LogP contribution in [0.5, 0.6) is 0 Å². The molecule has 2 rings (SSSR count). The maximum Gasteiger partial charge on any atom is 0.124 e. The van der Waals surface area contributed by atoms with E-state index < -0.39 is 0 Å². The van der Waals surface area contributed by atoms with E-state index in [1.807, 2.05) is 11.8 Å². The molecule has 98 valence electrons. The summed E-state index contributed by atoms with van der Waals surface area (Å²) in [7, 11) is 0. The van der Waals surface area contributed by atoms with Gasteiger partial charge in [-0.2, -0.15) is 11.8 Å². The monoisotopic (exact) mass is 282 g/mol. The first-order chi connectivity index (χ1) is 8.67. The zero-order chi connectivity index (χ0) is 13.1. The summed E-state index contributed by atoms with van der Waals surface area (Å²) in [6.07, 6.45) is 2.15. The molecule has 1 aromatic carbocycles. The Morgan fingerprint density at radius 3 is 2.89 bits per heavy atom. The van der Waals surface area contributed by atoms with Gasteiger partial charge < -0.3 is 4.57 Å². The highest BCUT2D eigenvalue weighted by Crippen LogP contribution is 2.23.